The number of nitrogens with two attached hydrogens (primary N) is 1. The summed E-state index contributed by atoms with van der Waals surface area (Å²) in [6, 6.07) is 2.16. The van der Waals surface area contributed by atoms with Crippen molar-refractivity contribution in [2.24, 2.45) is 5.92 Å². The van der Waals surface area contributed by atoms with Gasteiger partial charge in [0.25, 0.3) is 5.69 Å². The van der Waals surface area contributed by atoms with Crippen LogP contribution in [-0.2, 0) is 10.0 Å². The van der Waals surface area contributed by atoms with Crippen molar-refractivity contribution >= 4 is 21.4 Å². The third-order valence-corrected chi connectivity index (χ3v) is 5.18. The third kappa shape index (κ3) is 2.91. The van der Waals surface area contributed by atoms with Crippen molar-refractivity contribution in [2.75, 3.05) is 5.73 Å². The topological polar surface area (TPSA) is 115 Å². The van der Waals surface area contributed by atoms with Gasteiger partial charge < -0.3 is 5.73 Å². The maximum atomic E-state index is 12.3. The van der Waals surface area contributed by atoms with E-state index in [2.05, 4.69) is 4.72 Å². The number of anilines is 1. The Hall–Kier alpha value is -1.67. The maximum Gasteiger partial charge on any atom is 0.293 e. The van der Waals surface area contributed by atoms with Crippen LogP contribution in [0.5, 0.6) is 0 Å². The third-order valence-electron chi connectivity index (χ3n) is 3.48. The van der Waals surface area contributed by atoms with Gasteiger partial charge in [-0.25, -0.2) is 13.1 Å². The summed E-state index contributed by atoms with van der Waals surface area (Å²) in [5.41, 5.74) is 5.50. The molecule has 1 aromatic rings. The van der Waals surface area contributed by atoms with Gasteiger partial charge in [-0.1, -0.05) is 0 Å². The van der Waals surface area contributed by atoms with E-state index in [0.717, 1.165) is 18.9 Å². The summed E-state index contributed by atoms with van der Waals surface area (Å²) >= 11 is 0. The molecule has 1 aliphatic rings. The normalized spacial score (nSPS) is 16.9. The lowest BCUT2D eigenvalue weighted by atomic mass is 10.2. The van der Waals surface area contributed by atoms with Gasteiger partial charge in [0.1, 0.15) is 5.69 Å². The molecule has 0 radical (unpaired) electrons. The second kappa shape index (κ2) is 5.02. The number of nitrogens with one attached hydrogen (secondary N) is 1. The second-order valence-corrected chi connectivity index (χ2v) is 6.86. The van der Waals surface area contributed by atoms with Gasteiger partial charge in [0.05, 0.1) is 9.82 Å². The first-order valence-corrected chi connectivity index (χ1v) is 7.77. The van der Waals surface area contributed by atoms with Crippen LogP contribution in [0, 0.1) is 23.0 Å². The van der Waals surface area contributed by atoms with Gasteiger partial charge in [-0.15, -0.1) is 0 Å². The summed E-state index contributed by atoms with van der Waals surface area (Å²) in [6.07, 6.45) is 2.01. The summed E-state index contributed by atoms with van der Waals surface area (Å²) in [7, 11) is -3.78. The number of nitrogens with zero attached hydrogens (tertiary/aromatic N) is 1. The molecule has 8 heteroatoms. The number of aryl methyl sites for hydroxylation is 1. The zero-order valence-corrected chi connectivity index (χ0v) is 12.1. The molecule has 1 saturated carbocycles. The molecule has 0 bridgehead atoms. The Morgan fingerprint density at radius 2 is 2.05 bits per heavy atom. The van der Waals surface area contributed by atoms with Crippen LogP contribution in [0.25, 0.3) is 0 Å². The van der Waals surface area contributed by atoms with Crippen molar-refractivity contribution in [3.05, 3.63) is 27.8 Å². The molecule has 1 fully saturated rings. The Kier molecular flexibility index (Phi) is 3.70. The van der Waals surface area contributed by atoms with E-state index < -0.39 is 20.6 Å². The molecule has 1 aromatic carbocycles. The molecule has 1 atom stereocenters. The largest absolute Gasteiger partial charge is 0.393 e. The minimum atomic E-state index is -3.78. The predicted octanol–water partition coefficient (Wildman–Crippen LogP) is 1.56. The van der Waals surface area contributed by atoms with Crippen LogP contribution in [-0.4, -0.2) is 19.4 Å². The average molecular weight is 299 g/mol. The first kappa shape index (κ1) is 14.7. The SMILES string of the molecule is Cc1cc(N)c([N+](=O)[O-])cc1S(=O)(=O)NC(C)C1CC1. The van der Waals surface area contributed by atoms with Crippen molar-refractivity contribution < 1.29 is 13.3 Å². The number of nitro groups is 1. The Labute approximate surface area is 117 Å². The highest BCUT2D eigenvalue weighted by atomic mass is 32.2. The molecule has 3 N–H and O–H groups in total. The number of nitrogen functional groups attached to an aromatic ring is 1. The first-order chi connectivity index (χ1) is 9.22. The van der Waals surface area contributed by atoms with Gasteiger partial charge in [0.15, 0.2) is 0 Å². The highest BCUT2D eigenvalue weighted by Crippen LogP contribution is 2.34. The molecule has 0 saturated heterocycles. The fourth-order valence-corrected chi connectivity index (χ4v) is 3.71. The van der Waals surface area contributed by atoms with Crippen molar-refractivity contribution in [3.8, 4) is 0 Å². The predicted molar refractivity (Wildman–Crippen MR) is 74.8 cm³/mol. The second-order valence-electron chi connectivity index (χ2n) is 5.18. The molecule has 20 heavy (non-hydrogen) atoms. The van der Waals surface area contributed by atoms with E-state index in [4.69, 9.17) is 5.73 Å². The monoisotopic (exact) mass is 299 g/mol. The number of sulfonamides is 1. The van der Waals surface area contributed by atoms with Crippen molar-refractivity contribution in [1.82, 2.24) is 4.72 Å². The van der Waals surface area contributed by atoms with Gasteiger partial charge in [-0.05, 0) is 44.2 Å². The number of benzene rings is 1. The summed E-state index contributed by atoms with van der Waals surface area (Å²) < 4.78 is 27.2. The fourth-order valence-electron chi connectivity index (χ4n) is 2.15. The molecular weight excluding hydrogens is 282 g/mol. The Morgan fingerprint density at radius 1 is 1.45 bits per heavy atom. The molecule has 7 nitrogen and oxygen atoms in total. The van der Waals surface area contributed by atoms with Crippen LogP contribution >= 0.6 is 0 Å². The van der Waals surface area contributed by atoms with E-state index in [1.807, 2.05) is 0 Å². The Morgan fingerprint density at radius 3 is 2.55 bits per heavy atom. The highest BCUT2D eigenvalue weighted by molar-refractivity contribution is 7.89. The zero-order valence-electron chi connectivity index (χ0n) is 11.3. The van der Waals surface area contributed by atoms with Crippen LogP contribution < -0.4 is 10.5 Å². The molecule has 0 aliphatic heterocycles. The highest BCUT2D eigenvalue weighted by Gasteiger charge is 2.32. The van der Waals surface area contributed by atoms with Gasteiger partial charge in [0.2, 0.25) is 10.0 Å². The first-order valence-electron chi connectivity index (χ1n) is 6.29. The molecule has 0 aromatic heterocycles. The molecule has 2 rings (SSSR count). The molecule has 110 valence electrons. The van der Waals surface area contributed by atoms with Crippen LogP contribution in [0.4, 0.5) is 11.4 Å². The molecule has 1 unspecified atom stereocenters. The van der Waals surface area contributed by atoms with E-state index in [1.165, 1.54) is 6.07 Å². The van der Waals surface area contributed by atoms with Gasteiger partial charge in [0, 0.05) is 12.1 Å². The molecule has 0 amide bonds. The summed E-state index contributed by atoms with van der Waals surface area (Å²) in [5, 5.41) is 10.9. The Balaban J connectivity index is 2.39. The minimum Gasteiger partial charge on any atom is -0.393 e. The molecular formula is C12H17N3O4S. The lowest BCUT2D eigenvalue weighted by Gasteiger charge is -2.15. The quantitative estimate of drug-likeness (QED) is 0.486. The number of rotatable bonds is 5. The van der Waals surface area contributed by atoms with E-state index in [9.17, 15) is 18.5 Å². The lowest BCUT2D eigenvalue weighted by Crippen LogP contribution is -2.34. The Bertz CT molecular complexity index is 653. The number of hydrogen-bond donors (Lipinski definition) is 2. The van der Waals surface area contributed by atoms with Gasteiger partial charge in [-0.3, -0.25) is 10.1 Å². The molecule has 0 heterocycles. The number of nitro benzene ring substituents is 1. The van der Waals surface area contributed by atoms with Crippen LogP contribution in [0.3, 0.4) is 0 Å². The van der Waals surface area contributed by atoms with E-state index in [-0.39, 0.29) is 16.6 Å². The maximum absolute atomic E-state index is 12.3. The van der Waals surface area contributed by atoms with Crippen molar-refractivity contribution in [2.45, 2.75) is 37.6 Å². The van der Waals surface area contributed by atoms with Crippen LogP contribution in [0.15, 0.2) is 17.0 Å². The number of hydrogen-bond acceptors (Lipinski definition) is 5. The lowest BCUT2D eigenvalue weighted by molar-refractivity contribution is -0.384. The van der Waals surface area contributed by atoms with Crippen LogP contribution in [0.1, 0.15) is 25.3 Å². The summed E-state index contributed by atoms with van der Waals surface area (Å²) in [4.78, 5) is 10.1. The summed E-state index contributed by atoms with van der Waals surface area (Å²) in [6.45, 7) is 3.37. The average Bonchev–Trinajstić information content (AvgIpc) is 3.10. The standard InChI is InChI=1S/C12H17N3O4S/c1-7-5-10(13)11(15(16)17)6-12(7)20(18,19)14-8(2)9-3-4-9/h5-6,8-9,14H,3-4,13H2,1-2H3. The molecule has 0 spiro atoms. The van der Waals surface area contributed by atoms with E-state index >= 15 is 0 Å². The van der Waals surface area contributed by atoms with Crippen molar-refractivity contribution in [1.29, 1.82) is 0 Å². The van der Waals surface area contributed by atoms with Gasteiger partial charge in [-0.2, -0.15) is 0 Å². The zero-order chi connectivity index (χ0) is 15.1. The molecule has 1 aliphatic carbocycles. The van der Waals surface area contributed by atoms with Gasteiger partial charge >= 0.3 is 0 Å². The van der Waals surface area contributed by atoms with E-state index in [0.29, 0.717) is 11.5 Å². The van der Waals surface area contributed by atoms with Crippen molar-refractivity contribution in [3.63, 3.8) is 0 Å². The minimum absolute atomic E-state index is 0.0401. The smallest absolute Gasteiger partial charge is 0.293 e. The van der Waals surface area contributed by atoms with E-state index in [1.54, 1.807) is 13.8 Å². The summed E-state index contributed by atoms with van der Waals surface area (Å²) in [5.74, 6) is 0.355. The van der Waals surface area contributed by atoms with Crippen LogP contribution in [0.2, 0.25) is 0 Å². The fraction of sp³-hybridized carbons (Fsp3) is 0.500.